The van der Waals surface area contributed by atoms with E-state index in [1.54, 1.807) is 0 Å². The maximum absolute atomic E-state index is 11.1. The number of aromatic nitrogens is 3. The summed E-state index contributed by atoms with van der Waals surface area (Å²) in [4.78, 5) is 19.7. The van der Waals surface area contributed by atoms with Crippen LogP contribution in [-0.2, 0) is 12.5 Å². The van der Waals surface area contributed by atoms with Crippen molar-refractivity contribution in [3.8, 4) is 0 Å². The molecule has 90 valence electrons. The number of carboxylic acid groups (broad SMARTS) is 1. The maximum Gasteiger partial charge on any atom is 0.338 e. The van der Waals surface area contributed by atoms with Gasteiger partial charge in [0.1, 0.15) is 11.3 Å². The molecule has 0 saturated heterocycles. The van der Waals surface area contributed by atoms with Gasteiger partial charge in [0.15, 0.2) is 5.65 Å². The van der Waals surface area contributed by atoms with Crippen molar-refractivity contribution in [2.45, 2.75) is 26.2 Å². The summed E-state index contributed by atoms with van der Waals surface area (Å²) in [5.41, 5.74) is 1.11. The quantitative estimate of drug-likeness (QED) is 0.817. The Morgan fingerprint density at radius 1 is 1.41 bits per heavy atom. The monoisotopic (exact) mass is 233 g/mol. The lowest BCUT2D eigenvalue weighted by molar-refractivity contribution is 0.0698. The summed E-state index contributed by atoms with van der Waals surface area (Å²) < 4.78 is 1.85. The fourth-order valence-electron chi connectivity index (χ4n) is 1.92. The molecule has 0 radical (unpaired) electrons. The molecule has 0 bridgehead atoms. The number of nitrogens with zero attached hydrogens (tertiary/aromatic N) is 3. The van der Waals surface area contributed by atoms with Crippen molar-refractivity contribution in [2.75, 3.05) is 0 Å². The molecule has 5 nitrogen and oxygen atoms in total. The number of hydrogen-bond donors (Lipinski definition) is 1. The van der Waals surface area contributed by atoms with Gasteiger partial charge in [-0.3, -0.25) is 0 Å². The van der Waals surface area contributed by atoms with Crippen LogP contribution >= 0.6 is 0 Å². The molecule has 0 amide bonds. The molecule has 0 unspecified atom stereocenters. The average Bonchev–Trinajstić information content (AvgIpc) is 2.55. The number of imidazole rings is 1. The molecule has 2 heterocycles. The molecule has 2 aromatic heterocycles. The van der Waals surface area contributed by atoms with Crippen molar-refractivity contribution >= 4 is 17.1 Å². The van der Waals surface area contributed by atoms with E-state index in [-0.39, 0.29) is 11.0 Å². The molecule has 2 aromatic rings. The lowest BCUT2D eigenvalue weighted by Crippen LogP contribution is -2.17. The summed E-state index contributed by atoms with van der Waals surface area (Å²) in [7, 11) is 1.86. The van der Waals surface area contributed by atoms with Crippen molar-refractivity contribution in [3.63, 3.8) is 0 Å². The largest absolute Gasteiger partial charge is 0.478 e. The van der Waals surface area contributed by atoms with Gasteiger partial charge in [0.25, 0.3) is 0 Å². The lowest BCUT2D eigenvalue weighted by Gasteiger charge is -2.17. The SMILES string of the molecule is Cn1c(C(C)(C)C)nc2c(C(=O)O)ccnc21. The first-order chi connectivity index (χ1) is 7.82. The standard InChI is InChI=1S/C12H15N3O2/c1-12(2,3)11-14-8-7(10(16)17)5-6-13-9(8)15(11)4/h5-6H,1-4H3,(H,16,17). The van der Waals surface area contributed by atoms with Gasteiger partial charge in [-0.2, -0.15) is 0 Å². The van der Waals surface area contributed by atoms with Gasteiger partial charge >= 0.3 is 5.97 Å². The zero-order valence-corrected chi connectivity index (χ0v) is 10.4. The average molecular weight is 233 g/mol. The van der Waals surface area contributed by atoms with Crippen molar-refractivity contribution < 1.29 is 9.90 Å². The number of hydrogen-bond acceptors (Lipinski definition) is 3. The second kappa shape index (κ2) is 3.55. The van der Waals surface area contributed by atoms with E-state index in [1.807, 2.05) is 32.4 Å². The van der Waals surface area contributed by atoms with Gasteiger partial charge < -0.3 is 9.67 Å². The van der Waals surface area contributed by atoms with Crippen LogP contribution in [0.2, 0.25) is 0 Å². The molecule has 17 heavy (non-hydrogen) atoms. The third-order valence-corrected chi connectivity index (χ3v) is 2.66. The molecule has 0 atom stereocenters. The molecule has 0 spiro atoms. The summed E-state index contributed by atoms with van der Waals surface area (Å²) in [6.45, 7) is 6.11. The highest BCUT2D eigenvalue weighted by Gasteiger charge is 2.24. The molecule has 0 saturated carbocycles. The highest BCUT2D eigenvalue weighted by molar-refractivity contribution is 5.99. The Morgan fingerprint density at radius 2 is 2.06 bits per heavy atom. The second-order valence-corrected chi connectivity index (χ2v) is 5.08. The minimum atomic E-state index is -0.976. The first-order valence-electron chi connectivity index (χ1n) is 5.37. The first-order valence-corrected chi connectivity index (χ1v) is 5.37. The third-order valence-electron chi connectivity index (χ3n) is 2.66. The number of aromatic carboxylic acids is 1. The number of pyridine rings is 1. The molecule has 0 fully saturated rings. The predicted molar refractivity (Wildman–Crippen MR) is 64.2 cm³/mol. The molecule has 0 aliphatic rings. The minimum absolute atomic E-state index is 0.148. The van der Waals surface area contributed by atoms with Crippen LogP contribution in [0.1, 0.15) is 37.0 Å². The van der Waals surface area contributed by atoms with E-state index in [2.05, 4.69) is 9.97 Å². The van der Waals surface area contributed by atoms with Gasteiger partial charge in [0, 0.05) is 18.7 Å². The van der Waals surface area contributed by atoms with E-state index in [1.165, 1.54) is 12.3 Å². The zero-order valence-electron chi connectivity index (χ0n) is 10.4. The Kier molecular flexibility index (Phi) is 2.41. The van der Waals surface area contributed by atoms with Crippen LogP contribution < -0.4 is 0 Å². The first kappa shape index (κ1) is 11.6. The van der Waals surface area contributed by atoms with Crippen LogP contribution in [0.4, 0.5) is 0 Å². The van der Waals surface area contributed by atoms with Crippen molar-refractivity contribution in [1.29, 1.82) is 0 Å². The van der Waals surface area contributed by atoms with Crippen LogP contribution in [0.5, 0.6) is 0 Å². The molecule has 0 aliphatic carbocycles. The summed E-state index contributed by atoms with van der Waals surface area (Å²) in [5, 5.41) is 9.11. The van der Waals surface area contributed by atoms with Crippen LogP contribution in [0, 0.1) is 0 Å². The zero-order chi connectivity index (χ0) is 12.8. The van der Waals surface area contributed by atoms with E-state index >= 15 is 0 Å². The van der Waals surface area contributed by atoms with Crippen LogP contribution in [0.3, 0.4) is 0 Å². The van der Waals surface area contributed by atoms with Gasteiger partial charge in [0.05, 0.1) is 5.56 Å². The van der Waals surface area contributed by atoms with Crippen LogP contribution in [0.15, 0.2) is 12.3 Å². The van der Waals surface area contributed by atoms with Gasteiger partial charge in [-0.05, 0) is 6.07 Å². The summed E-state index contributed by atoms with van der Waals surface area (Å²) in [6, 6.07) is 1.48. The molecular formula is C12H15N3O2. The van der Waals surface area contributed by atoms with Gasteiger partial charge in [0.2, 0.25) is 0 Å². The normalized spacial score (nSPS) is 12.0. The molecule has 0 aromatic carbocycles. The predicted octanol–water partition coefficient (Wildman–Crippen LogP) is 1.96. The van der Waals surface area contributed by atoms with Crippen molar-refractivity contribution in [2.24, 2.45) is 7.05 Å². The smallest absolute Gasteiger partial charge is 0.338 e. The van der Waals surface area contributed by atoms with Crippen LogP contribution in [-0.4, -0.2) is 25.6 Å². The van der Waals surface area contributed by atoms with E-state index in [0.717, 1.165) is 5.82 Å². The number of fused-ring (bicyclic) bond motifs is 1. The molecule has 2 rings (SSSR count). The Bertz CT molecular complexity index is 594. The lowest BCUT2D eigenvalue weighted by atomic mass is 9.96. The number of carboxylic acids is 1. The Morgan fingerprint density at radius 3 is 2.59 bits per heavy atom. The fourth-order valence-corrected chi connectivity index (χ4v) is 1.92. The Balaban J connectivity index is 2.82. The molecular weight excluding hydrogens is 218 g/mol. The Labute approximate surface area is 99.1 Å². The van der Waals surface area contributed by atoms with E-state index in [0.29, 0.717) is 11.2 Å². The highest BCUT2D eigenvalue weighted by Crippen LogP contribution is 2.25. The highest BCUT2D eigenvalue weighted by atomic mass is 16.4. The number of rotatable bonds is 1. The number of aryl methyl sites for hydroxylation is 1. The Hall–Kier alpha value is -1.91. The molecule has 5 heteroatoms. The van der Waals surface area contributed by atoms with Crippen LogP contribution in [0.25, 0.3) is 11.2 Å². The van der Waals surface area contributed by atoms with E-state index in [4.69, 9.17) is 5.11 Å². The van der Waals surface area contributed by atoms with Gasteiger partial charge in [-0.25, -0.2) is 14.8 Å². The second-order valence-electron chi connectivity index (χ2n) is 5.08. The minimum Gasteiger partial charge on any atom is -0.478 e. The summed E-state index contributed by atoms with van der Waals surface area (Å²) in [6.07, 6.45) is 1.50. The van der Waals surface area contributed by atoms with Crippen molar-refractivity contribution in [3.05, 3.63) is 23.7 Å². The van der Waals surface area contributed by atoms with Crippen molar-refractivity contribution in [1.82, 2.24) is 14.5 Å². The fraction of sp³-hybridized carbons (Fsp3) is 0.417. The third kappa shape index (κ3) is 1.77. The maximum atomic E-state index is 11.1. The summed E-state index contributed by atoms with van der Waals surface area (Å²) in [5.74, 6) is -0.148. The van der Waals surface area contributed by atoms with Gasteiger partial charge in [-0.1, -0.05) is 20.8 Å². The summed E-state index contributed by atoms with van der Waals surface area (Å²) >= 11 is 0. The van der Waals surface area contributed by atoms with E-state index < -0.39 is 5.97 Å². The topological polar surface area (TPSA) is 68.0 Å². The number of carbonyl (C=O) groups is 1. The van der Waals surface area contributed by atoms with E-state index in [9.17, 15) is 4.79 Å². The molecule has 0 aliphatic heterocycles. The van der Waals surface area contributed by atoms with Gasteiger partial charge in [-0.15, -0.1) is 0 Å². The molecule has 1 N–H and O–H groups in total.